The molecule has 354 valence electrons. The summed E-state index contributed by atoms with van der Waals surface area (Å²) < 4.78 is 37.5. The minimum absolute atomic E-state index is 0.00138. The quantitative estimate of drug-likeness (QED) is 0.108. The molecule has 3 fully saturated rings. The van der Waals surface area contributed by atoms with E-state index in [1.165, 1.54) is 4.90 Å². The van der Waals surface area contributed by atoms with Crippen molar-refractivity contribution in [2.45, 2.75) is 206 Å². The number of carbonyl (C=O) groups is 4. The van der Waals surface area contributed by atoms with E-state index in [-0.39, 0.29) is 59.7 Å². The Morgan fingerprint density at radius 3 is 2.18 bits per heavy atom. The molecule has 13 unspecified atom stereocenters. The molecule has 0 aromatic rings. The normalized spacial score (nSPS) is 37.2. The van der Waals surface area contributed by atoms with E-state index in [9.17, 15) is 24.3 Å². The van der Waals surface area contributed by atoms with Crippen LogP contribution in [0.15, 0.2) is 23.3 Å². The van der Waals surface area contributed by atoms with Crippen LogP contribution in [-0.2, 0) is 47.3 Å². The number of carbonyl (C=O) groups excluding carboxylic acids is 4. The van der Waals surface area contributed by atoms with Gasteiger partial charge in [-0.25, -0.2) is 4.79 Å². The molecule has 12 nitrogen and oxygen atoms in total. The maximum absolute atomic E-state index is 14.5. The second-order valence-corrected chi connectivity index (χ2v) is 25.6. The summed E-state index contributed by atoms with van der Waals surface area (Å²) in [5.74, 6) is -6.01. The minimum atomic E-state index is -2.46. The third-order valence-corrected chi connectivity index (χ3v) is 19.5. The number of esters is 1. The average molecular weight is 890 g/mol. The number of nitrogens with zero attached hydrogens (tertiary/aromatic N) is 1. The highest BCUT2D eigenvalue weighted by Gasteiger charge is 2.56. The Morgan fingerprint density at radius 1 is 0.919 bits per heavy atom. The van der Waals surface area contributed by atoms with Crippen molar-refractivity contribution in [2.75, 3.05) is 27.9 Å². The Morgan fingerprint density at radius 2 is 1.56 bits per heavy atom. The van der Waals surface area contributed by atoms with Crippen LogP contribution in [0.4, 0.5) is 0 Å². The zero-order valence-electron chi connectivity index (χ0n) is 40.8. The van der Waals surface area contributed by atoms with Crippen LogP contribution in [0.3, 0.4) is 0 Å². The molecule has 0 radical (unpaired) electrons. The van der Waals surface area contributed by atoms with Crippen molar-refractivity contribution < 1.29 is 52.4 Å². The molecule has 1 N–H and O–H groups in total. The van der Waals surface area contributed by atoms with Gasteiger partial charge >= 0.3 is 5.97 Å². The van der Waals surface area contributed by atoms with Crippen molar-refractivity contribution in [2.24, 2.45) is 29.6 Å². The molecule has 2 saturated heterocycles. The van der Waals surface area contributed by atoms with Gasteiger partial charge in [0.15, 0.2) is 8.32 Å². The van der Waals surface area contributed by atoms with Gasteiger partial charge in [-0.15, -0.1) is 0 Å². The number of hydrogen-bond acceptors (Lipinski definition) is 11. The largest absolute Gasteiger partial charge is 0.456 e. The van der Waals surface area contributed by atoms with E-state index in [4.69, 9.17) is 28.1 Å². The van der Waals surface area contributed by atoms with E-state index in [0.29, 0.717) is 51.4 Å². The van der Waals surface area contributed by atoms with Crippen LogP contribution < -0.4 is 0 Å². The third kappa shape index (κ3) is 12.5. The minimum Gasteiger partial charge on any atom is -0.456 e. The molecule has 1 aliphatic carbocycles. The Labute approximate surface area is 374 Å². The van der Waals surface area contributed by atoms with Crippen molar-refractivity contribution in [3.05, 3.63) is 23.3 Å². The number of hydrogen-bond donors (Lipinski definition) is 1. The molecule has 4 rings (SSSR count). The molecule has 0 aromatic carbocycles. The highest BCUT2D eigenvalue weighted by Crippen LogP contribution is 2.42. The molecular formula is C49H83NO11Si. The van der Waals surface area contributed by atoms with Gasteiger partial charge in [-0.3, -0.25) is 14.4 Å². The standard InChI is InChI=1S/C49H83NO11Si/c1-15-36-25-30(2)24-31(3)26-41(57-11)44-42(58-12)28-34(6)49(55,60-44)45(52)46(53)50-23-17-16-18-37(50)47(54)59-43(32(4)19-21-38(36)51)33(5)27-35-20-22-39(40(29-35)56-10)61-62(13,14)48(7,8)9/h25,27,31-32,34-37,39-44,55H,15-24,26,28-29H2,1-14H3. The van der Waals surface area contributed by atoms with Gasteiger partial charge in [-0.2, -0.15) is 0 Å². The fourth-order valence-electron chi connectivity index (χ4n) is 10.1. The van der Waals surface area contributed by atoms with E-state index >= 15 is 0 Å². The monoisotopic (exact) mass is 890 g/mol. The number of rotatable bonds is 8. The zero-order valence-corrected chi connectivity index (χ0v) is 41.8. The molecule has 2 bridgehead atoms. The lowest BCUT2D eigenvalue weighted by atomic mass is 9.82. The van der Waals surface area contributed by atoms with Gasteiger partial charge in [0.05, 0.1) is 24.4 Å². The summed E-state index contributed by atoms with van der Waals surface area (Å²) in [4.78, 5) is 58.3. The van der Waals surface area contributed by atoms with Gasteiger partial charge in [0.2, 0.25) is 5.79 Å². The molecular weight excluding hydrogens is 807 g/mol. The van der Waals surface area contributed by atoms with Crippen LogP contribution in [0.2, 0.25) is 18.1 Å². The summed E-state index contributed by atoms with van der Waals surface area (Å²) in [5, 5.41) is 12.2. The average Bonchev–Trinajstić information content (AvgIpc) is 3.22. The summed E-state index contributed by atoms with van der Waals surface area (Å²) in [6.07, 6.45) is 8.62. The van der Waals surface area contributed by atoms with E-state index < -0.39 is 68.1 Å². The van der Waals surface area contributed by atoms with Crippen LogP contribution in [-0.4, -0.2) is 118 Å². The van der Waals surface area contributed by atoms with E-state index in [2.05, 4.69) is 52.9 Å². The maximum Gasteiger partial charge on any atom is 0.329 e. The molecule has 0 aromatic heterocycles. The zero-order chi connectivity index (χ0) is 46.3. The number of ketones is 2. The Hall–Kier alpha value is -2.26. The maximum atomic E-state index is 14.5. The van der Waals surface area contributed by atoms with Crippen LogP contribution in [0.25, 0.3) is 0 Å². The first-order chi connectivity index (χ1) is 29.0. The number of Topliss-reactive ketones (excluding diaryl/α,β-unsaturated/α-hetero) is 2. The summed E-state index contributed by atoms with van der Waals surface area (Å²) in [7, 11) is 2.84. The van der Waals surface area contributed by atoms with Crippen molar-refractivity contribution >= 4 is 31.8 Å². The summed E-state index contributed by atoms with van der Waals surface area (Å²) in [5.41, 5.74) is 1.97. The van der Waals surface area contributed by atoms with E-state index in [1.807, 2.05) is 27.7 Å². The Bertz CT molecular complexity index is 1610. The molecule has 3 aliphatic heterocycles. The lowest BCUT2D eigenvalue weighted by Gasteiger charge is -2.47. The smallest absolute Gasteiger partial charge is 0.329 e. The van der Waals surface area contributed by atoms with E-state index in [0.717, 1.165) is 30.4 Å². The number of fused-ring (bicyclic) bond motifs is 3. The molecule has 13 heteroatoms. The second-order valence-electron chi connectivity index (χ2n) is 20.9. The first-order valence-corrected chi connectivity index (χ1v) is 26.5. The Kier molecular flexibility index (Phi) is 18.8. The van der Waals surface area contributed by atoms with Crippen LogP contribution in [0.5, 0.6) is 0 Å². The molecule has 0 spiro atoms. The fourth-order valence-corrected chi connectivity index (χ4v) is 11.4. The second kappa shape index (κ2) is 22.3. The van der Waals surface area contributed by atoms with Crippen LogP contribution in [0, 0.1) is 29.6 Å². The number of aliphatic hydroxyl groups is 1. The number of amides is 1. The lowest BCUT2D eigenvalue weighted by Crippen LogP contribution is -2.64. The summed E-state index contributed by atoms with van der Waals surface area (Å²) >= 11 is 0. The SMILES string of the molecule is CCC1C=C(C)CC(C)CC(OC)C2OC(O)(C(=O)C(=O)N3CCCCC3C(=O)OC(C(C)=CC3CCC(O[Si](C)(C)C(C)(C)C)C(OC)C3)C(C)CCC1=O)C(C)CC2OC. The first kappa shape index (κ1) is 52.4. The van der Waals surface area contributed by atoms with Crippen molar-refractivity contribution in [3.8, 4) is 0 Å². The van der Waals surface area contributed by atoms with E-state index in [1.54, 1.807) is 28.3 Å². The lowest BCUT2D eigenvalue weighted by molar-refractivity contribution is -0.302. The van der Waals surface area contributed by atoms with Gasteiger partial charge in [-0.1, -0.05) is 66.2 Å². The molecule has 1 saturated carbocycles. The molecule has 4 aliphatic rings. The summed E-state index contributed by atoms with van der Waals surface area (Å²) in [6, 6.07) is -1.03. The third-order valence-electron chi connectivity index (χ3n) is 15.0. The molecule has 3 heterocycles. The molecule has 13 atom stereocenters. The van der Waals surface area contributed by atoms with Crippen molar-refractivity contribution in [1.29, 1.82) is 0 Å². The van der Waals surface area contributed by atoms with Crippen LogP contribution >= 0.6 is 0 Å². The van der Waals surface area contributed by atoms with Gasteiger partial charge < -0.3 is 38.1 Å². The highest BCUT2D eigenvalue weighted by molar-refractivity contribution is 6.74. The summed E-state index contributed by atoms with van der Waals surface area (Å²) in [6.45, 7) is 23.3. The number of ether oxygens (including phenoxy) is 5. The highest BCUT2D eigenvalue weighted by atomic mass is 28.4. The predicted molar refractivity (Wildman–Crippen MR) is 243 cm³/mol. The topological polar surface area (TPSA) is 147 Å². The van der Waals surface area contributed by atoms with Gasteiger partial charge in [0, 0.05) is 46.1 Å². The molecule has 62 heavy (non-hydrogen) atoms. The fraction of sp³-hybridized carbons (Fsp3) is 0.837. The number of cyclic esters (lactones) is 1. The number of allylic oxidation sites excluding steroid dienone is 3. The van der Waals surface area contributed by atoms with Crippen molar-refractivity contribution in [1.82, 2.24) is 4.90 Å². The first-order valence-electron chi connectivity index (χ1n) is 23.6. The van der Waals surface area contributed by atoms with Gasteiger partial charge in [-0.05, 0) is 126 Å². The molecule has 1 amide bonds. The predicted octanol–water partition coefficient (Wildman–Crippen LogP) is 8.53. The number of methoxy groups -OCH3 is 3. The Balaban J connectivity index is 1.71. The van der Waals surface area contributed by atoms with Crippen molar-refractivity contribution in [3.63, 3.8) is 0 Å². The number of piperidine rings is 1. The van der Waals surface area contributed by atoms with Gasteiger partial charge in [0.25, 0.3) is 11.7 Å². The van der Waals surface area contributed by atoms with Crippen LogP contribution in [0.1, 0.15) is 139 Å². The van der Waals surface area contributed by atoms with Gasteiger partial charge in [0.1, 0.15) is 24.0 Å².